The van der Waals surface area contributed by atoms with Crippen molar-refractivity contribution in [1.29, 1.82) is 0 Å². The number of ether oxygens (including phenoxy) is 1. The molecule has 2 rings (SSSR count). The topological polar surface area (TPSA) is 75.6 Å². The largest absolute Gasteiger partial charge is 0.508 e. The molecule has 5 nitrogen and oxygen atoms in total. The van der Waals surface area contributed by atoms with Gasteiger partial charge in [-0.25, -0.2) is 4.79 Å². The molecule has 1 amide bonds. The molecule has 22 heavy (non-hydrogen) atoms. The van der Waals surface area contributed by atoms with Gasteiger partial charge in [-0.05, 0) is 36.4 Å². The van der Waals surface area contributed by atoms with Gasteiger partial charge in [0.25, 0.3) is 5.91 Å². The summed E-state index contributed by atoms with van der Waals surface area (Å²) in [5.41, 5.74) is 0.561. The van der Waals surface area contributed by atoms with Crippen LogP contribution in [0.15, 0.2) is 42.5 Å². The number of aromatic hydroxyl groups is 1. The van der Waals surface area contributed by atoms with Crippen molar-refractivity contribution in [2.45, 2.75) is 0 Å². The second-order valence-corrected chi connectivity index (χ2v) is 5.06. The van der Waals surface area contributed by atoms with Gasteiger partial charge in [0.05, 0.1) is 21.3 Å². The van der Waals surface area contributed by atoms with E-state index in [-0.39, 0.29) is 16.3 Å². The van der Waals surface area contributed by atoms with Crippen molar-refractivity contribution in [3.63, 3.8) is 0 Å². The van der Waals surface area contributed by atoms with Crippen LogP contribution in [0.2, 0.25) is 10.0 Å². The number of hydrogen-bond donors (Lipinski definition) is 2. The van der Waals surface area contributed by atoms with Gasteiger partial charge in [-0.2, -0.15) is 0 Å². The molecule has 0 bridgehead atoms. The van der Waals surface area contributed by atoms with Crippen molar-refractivity contribution in [2.75, 3.05) is 11.9 Å². The van der Waals surface area contributed by atoms with Crippen LogP contribution in [0.3, 0.4) is 0 Å². The molecule has 0 atom stereocenters. The first-order chi connectivity index (χ1) is 10.5. The van der Waals surface area contributed by atoms with Crippen LogP contribution in [0.25, 0.3) is 0 Å². The highest BCUT2D eigenvalue weighted by Crippen LogP contribution is 2.29. The van der Waals surface area contributed by atoms with Crippen LogP contribution >= 0.6 is 23.2 Å². The van der Waals surface area contributed by atoms with Crippen LogP contribution in [0.4, 0.5) is 5.69 Å². The first-order valence-corrected chi connectivity index (χ1v) is 6.93. The predicted octanol–water partition coefficient (Wildman–Crippen LogP) is 3.49. The minimum atomic E-state index is -0.674. The van der Waals surface area contributed by atoms with Gasteiger partial charge in [0.2, 0.25) is 0 Å². The number of anilines is 1. The lowest BCUT2D eigenvalue weighted by molar-refractivity contribution is -0.119. The van der Waals surface area contributed by atoms with Gasteiger partial charge in [-0.1, -0.05) is 29.3 Å². The zero-order valence-corrected chi connectivity index (χ0v) is 12.7. The summed E-state index contributed by atoms with van der Waals surface area (Å²) in [7, 11) is 0. The normalized spacial score (nSPS) is 10.1. The lowest BCUT2D eigenvalue weighted by Crippen LogP contribution is -2.21. The van der Waals surface area contributed by atoms with Gasteiger partial charge in [0.1, 0.15) is 5.75 Å². The number of halogens is 2. The molecule has 0 radical (unpaired) electrons. The molecule has 0 saturated heterocycles. The number of phenolic OH excluding ortho intramolecular Hbond substituents is 1. The van der Waals surface area contributed by atoms with Crippen LogP contribution in [0, 0.1) is 0 Å². The SMILES string of the molecule is O=C(COC(=O)c1ccc(O)cc1)Nc1cccc(Cl)c1Cl. The Labute approximate surface area is 136 Å². The number of carbonyl (C=O) groups is 2. The second kappa shape index (κ2) is 7.15. The molecule has 2 N–H and O–H groups in total. The summed E-state index contributed by atoms with van der Waals surface area (Å²) in [5.74, 6) is -1.19. The summed E-state index contributed by atoms with van der Waals surface area (Å²) in [6, 6.07) is 10.3. The van der Waals surface area contributed by atoms with E-state index in [0.717, 1.165) is 0 Å². The number of esters is 1. The molecule has 0 heterocycles. The maximum absolute atomic E-state index is 11.7. The predicted molar refractivity (Wildman–Crippen MR) is 83.5 cm³/mol. The van der Waals surface area contributed by atoms with Crippen LogP contribution in [-0.2, 0) is 9.53 Å². The average molecular weight is 340 g/mol. The van der Waals surface area contributed by atoms with E-state index in [4.69, 9.17) is 33.0 Å². The highest BCUT2D eigenvalue weighted by Gasteiger charge is 2.12. The average Bonchev–Trinajstić information content (AvgIpc) is 2.50. The van der Waals surface area contributed by atoms with Crippen molar-refractivity contribution >= 4 is 40.8 Å². The summed E-state index contributed by atoms with van der Waals surface area (Å²) in [5, 5.41) is 12.1. The second-order valence-electron chi connectivity index (χ2n) is 4.27. The minimum absolute atomic E-state index is 0.0323. The molecule has 2 aromatic carbocycles. The summed E-state index contributed by atoms with van der Waals surface area (Å²) >= 11 is 11.8. The Hall–Kier alpha value is -2.24. The van der Waals surface area contributed by atoms with Crippen LogP contribution in [0.1, 0.15) is 10.4 Å². The molecule has 0 aliphatic carbocycles. The molecule has 0 aromatic heterocycles. The molecule has 0 aliphatic rings. The summed E-state index contributed by atoms with van der Waals surface area (Å²) in [6.07, 6.45) is 0. The molecule has 114 valence electrons. The highest BCUT2D eigenvalue weighted by molar-refractivity contribution is 6.44. The number of amides is 1. The van der Waals surface area contributed by atoms with Gasteiger partial charge in [-0.15, -0.1) is 0 Å². The lowest BCUT2D eigenvalue weighted by atomic mass is 10.2. The molecule has 0 spiro atoms. The Morgan fingerprint density at radius 3 is 2.45 bits per heavy atom. The molecule has 2 aromatic rings. The number of rotatable bonds is 4. The first kappa shape index (κ1) is 16.1. The fourth-order valence-electron chi connectivity index (χ4n) is 1.60. The number of phenols is 1. The Bertz CT molecular complexity index is 701. The van der Waals surface area contributed by atoms with Crippen LogP contribution in [-0.4, -0.2) is 23.6 Å². The van der Waals surface area contributed by atoms with E-state index in [9.17, 15) is 9.59 Å². The van der Waals surface area contributed by atoms with Crippen LogP contribution in [0.5, 0.6) is 5.75 Å². The Morgan fingerprint density at radius 1 is 1.09 bits per heavy atom. The van der Waals surface area contributed by atoms with Crippen molar-refractivity contribution in [3.8, 4) is 5.75 Å². The Kier molecular flexibility index (Phi) is 5.25. The quantitative estimate of drug-likeness (QED) is 0.836. The summed E-state index contributed by atoms with van der Waals surface area (Å²) in [6.45, 7) is -0.470. The van der Waals surface area contributed by atoms with Crippen molar-refractivity contribution in [3.05, 3.63) is 58.1 Å². The molecule has 0 aliphatic heterocycles. The maximum Gasteiger partial charge on any atom is 0.338 e. The van der Waals surface area contributed by atoms with Gasteiger partial charge in [0.15, 0.2) is 6.61 Å². The third-order valence-corrected chi connectivity index (χ3v) is 3.48. The smallest absolute Gasteiger partial charge is 0.338 e. The first-order valence-electron chi connectivity index (χ1n) is 6.17. The number of benzene rings is 2. The molecule has 0 unspecified atom stereocenters. The van der Waals surface area contributed by atoms with E-state index in [1.807, 2.05) is 0 Å². The third kappa shape index (κ3) is 4.13. The van der Waals surface area contributed by atoms with Crippen molar-refractivity contribution in [2.24, 2.45) is 0 Å². The number of carbonyl (C=O) groups excluding carboxylic acids is 2. The van der Waals surface area contributed by atoms with E-state index < -0.39 is 18.5 Å². The van der Waals surface area contributed by atoms with E-state index in [0.29, 0.717) is 10.7 Å². The van der Waals surface area contributed by atoms with E-state index in [1.165, 1.54) is 24.3 Å². The van der Waals surface area contributed by atoms with E-state index in [2.05, 4.69) is 5.32 Å². The summed E-state index contributed by atoms with van der Waals surface area (Å²) < 4.78 is 4.86. The molecular weight excluding hydrogens is 329 g/mol. The van der Waals surface area contributed by atoms with Gasteiger partial charge >= 0.3 is 5.97 Å². The fraction of sp³-hybridized carbons (Fsp3) is 0.0667. The summed E-state index contributed by atoms with van der Waals surface area (Å²) in [4.78, 5) is 23.4. The molecule has 0 fully saturated rings. The molecule has 0 saturated carbocycles. The number of hydrogen-bond acceptors (Lipinski definition) is 4. The minimum Gasteiger partial charge on any atom is -0.508 e. The molecule has 7 heteroatoms. The standard InChI is InChI=1S/C15H11Cl2NO4/c16-11-2-1-3-12(14(11)17)18-13(20)8-22-15(21)9-4-6-10(19)7-5-9/h1-7,19H,8H2,(H,18,20). The number of nitrogens with one attached hydrogen (secondary N) is 1. The lowest BCUT2D eigenvalue weighted by Gasteiger charge is -2.08. The van der Waals surface area contributed by atoms with Crippen molar-refractivity contribution < 1.29 is 19.4 Å². The van der Waals surface area contributed by atoms with E-state index >= 15 is 0 Å². The van der Waals surface area contributed by atoms with Crippen LogP contribution < -0.4 is 5.32 Å². The Morgan fingerprint density at radius 2 is 1.77 bits per heavy atom. The molecular formula is C15H11Cl2NO4. The zero-order valence-electron chi connectivity index (χ0n) is 11.2. The maximum atomic E-state index is 11.7. The van der Waals surface area contributed by atoms with Gasteiger partial charge in [0, 0.05) is 0 Å². The Balaban J connectivity index is 1.91. The van der Waals surface area contributed by atoms with Crippen molar-refractivity contribution in [1.82, 2.24) is 0 Å². The third-order valence-electron chi connectivity index (χ3n) is 2.66. The van der Waals surface area contributed by atoms with Gasteiger partial charge < -0.3 is 15.2 Å². The van der Waals surface area contributed by atoms with Gasteiger partial charge in [-0.3, -0.25) is 4.79 Å². The van der Waals surface area contributed by atoms with E-state index in [1.54, 1.807) is 18.2 Å². The fourth-order valence-corrected chi connectivity index (χ4v) is 1.95. The highest BCUT2D eigenvalue weighted by atomic mass is 35.5. The zero-order chi connectivity index (χ0) is 16.1. The monoisotopic (exact) mass is 339 g/mol.